The second kappa shape index (κ2) is 8.71. The molecule has 2 rings (SSSR count). The summed E-state index contributed by atoms with van der Waals surface area (Å²) in [6.45, 7) is 3.46. The number of nitrogens with one attached hydrogen (secondary N) is 2. The van der Waals surface area contributed by atoms with Gasteiger partial charge < -0.3 is 22.1 Å². The number of nitrogens with zero attached hydrogens (tertiary/aromatic N) is 3. The van der Waals surface area contributed by atoms with E-state index in [2.05, 4.69) is 25.6 Å². The van der Waals surface area contributed by atoms with Crippen molar-refractivity contribution in [3.63, 3.8) is 0 Å². The van der Waals surface area contributed by atoms with E-state index in [1.54, 1.807) is 13.8 Å². The third-order valence-corrected chi connectivity index (χ3v) is 3.92. The van der Waals surface area contributed by atoms with Gasteiger partial charge in [0.15, 0.2) is 11.5 Å². The normalized spacial score (nSPS) is 13.4. The Morgan fingerprint density at radius 3 is 2.45 bits per heavy atom. The Morgan fingerprint density at radius 1 is 1.17 bits per heavy atom. The van der Waals surface area contributed by atoms with Crippen LogP contribution in [0, 0.1) is 5.92 Å². The highest BCUT2D eigenvalue weighted by atomic mass is 19.4. The van der Waals surface area contributed by atoms with Gasteiger partial charge in [-0.1, -0.05) is 6.92 Å². The Balaban J connectivity index is 2.27. The number of anilines is 3. The summed E-state index contributed by atoms with van der Waals surface area (Å²) >= 11 is 0. The Morgan fingerprint density at radius 2 is 1.86 bits per heavy atom. The molecule has 0 bridgehead atoms. The lowest BCUT2D eigenvalue weighted by Gasteiger charge is -2.18. The number of hydrogen-bond acceptors (Lipinski definition) is 7. The van der Waals surface area contributed by atoms with E-state index in [1.165, 1.54) is 6.20 Å². The minimum atomic E-state index is -4.58. The van der Waals surface area contributed by atoms with Crippen LogP contribution in [0.1, 0.15) is 36.3 Å². The van der Waals surface area contributed by atoms with Crippen molar-refractivity contribution in [3.8, 4) is 0 Å². The second-order valence-electron chi connectivity index (χ2n) is 6.49. The Labute approximate surface area is 164 Å². The summed E-state index contributed by atoms with van der Waals surface area (Å²) in [5.41, 5.74) is 9.23. The molecular weight excluding hydrogens is 391 g/mol. The van der Waals surface area contributed by atoms with Crippen LogP contribution in [0.15, 0.2) is 24.7 Å². The third kappa shape index (κ3) is 6.02. The first-order chi connectivity index (χ1) is 13.5. The zero-order valence-electron chi connectivity index (χ0n) is 15.6. The number of alkyl halides is 3. The molecule has 0 aliphatic heterocycles. The predicted octanol–water partition coefficient (Wildman–Crippen LogP) is 2.04. The van der Waals surface area contributed by atoms with Crippen molar-refractivity contribution in [2.75, 3.05) is 10.6 Å². The van der Waals surface area contributed by atoms with Crippen LogP contribution in [0.3, 0.4) is 0 Å². The Hall–Kier alpha value is -3.44. The van der Waals surface area contributed by atoms with Crippen molar-refractivity contribution < 1.29 is 22.8 Å². The van der Waals surface area contributed by atoms with Crippen LogP contribution in [-0.2, 0) is 11.0 Å². The molecule has 2 atom stereocenters. The van der Waals surface area contributed by atoms with Gasteiger partial charge >= 0.3 is 6.18 Å². The van der Waals surface area contributed by atoms with Crippen LogP contribution >= 0.6 is 0 Å². The molecule has 0 radical (unpaired) electrons. The standard InChI is InChI=1S/C17H20F3N7O2/c1-8(14(21)28)3-9(2)25-12-7-24-13(15(22)29)16(27-12)26-11-4-10(5-23-6-11)17(18,19)20/h4-9H,3H2,1-2H3,(H2,21,28)(H2,22,29)(H2,25,26,27). The average Bonchev–Trinajstić information content (AvgIpc) is 2.61. The summed E-state index contributed by atoms with van der Waals surface area (Å²) in [7, 11) is 0. The SMILES string of the molecule is CC(CC(C)C(N)=O)Nc1cnc(C(N)=O)c(Nc2cncc(C(F)(F)F)c2)n1. The molecule has 0 saturated carbocycles. The maximum Gasteiger partial charge on any atom is 0.417 e. The van der Waals surface area contributed by atoms with E-state index in [0.717, 1.165) is 12.3 Å². The van der Waals surface area contributed by atoms with Gasteiger partial charge in [0.05, 0.1) is 23.6 Å². The molecule has 2 unspecified atom stereocenters. The van der Waals surface area contributed by atoms with Crippen LogP contribution in [0.4, 0.5) is 30.5 Å². The smallest absolute Gasteiger partial charge is 0.369 e. The molecule has 2 aromatic rings. The minimum Gasteiger partial charge on any atom is -0.369 e. The molecule has 0 fully saturated rings. The highest BCUT2D eigenvalue weighted by Gasteiger charge is 2.31. The molecule has 0 aliphatic carbocycles. The number of primary amides is 2. The van der Waals surface area contributed by atoms with Gasteiger partial charge in [-0.3, -0.25) is 14.6 Å². The number of aromatic nitrogens is 3. The average molecular weight is 411 g/mol. The van der Waals surface area contributed by atoms with Gasteiger partial charge in [-0.25, -0.2) is 9.97 Å². The van der Waals surface area contributed by atoms with Gasteiger partial charge in [0.1, 0.15) is 5.82 Å². The summed E-state index contributed by atoms with van der Waals surface area (Å²) in [5.74, 6) is -1.67. The summed E-state index contributed by atoms with van der Waals surface area (Å²) < 4.78 is 38.6. The number of nitrogens with two attached hydrogens (primary N) is 2. The second-order valence-corrected chi connectivity index (χ2v) is 6.49. The van der Waals surface area contributed by atoms with Crippen LogP contribution in [0.25, 0.3) is 0 Å². The Kier molecular flexibility index (Phi) is 6.56. The molecule has 2 amide bonds. The molecule has 2 heterocycles. The van der Waals surface area contributed by atoms with Crippen molar-refractivity contribution in [1.29, 1.82) is 0 Å². The van der Waals surface area contributed by atoms with Crippen LogP contribution in [0.5, 0.6) is 0 Å². The maximum atomic E-state index is 12.9. The molecule has 6 N–H and O–H groups in total. The van der Waals surface area contributed by atoms with E-state index in [9.17, 15) is 22.8 Å². The zero-order valence-corrected chi connectivity index (χ0v) is 15.6. The fraction of sp³-hybridized carbons (Fsp3) is 0.353. The number of carbonyl (C=O) groups excluding carboxylic acids is 2. The van der Waals surface area contributed by atoms with E-state index in [4.69, 9.17) is 11.5 Å². The number of rotatable bonds is 8. The van der Waals surface area contributed by atoms with Crippen molar-refractivity contribution in [2.24, 2.45) is 17.4 Å². The van der Waals surface area contributed by atoms with Gasteiger partial charge in [-0.15, -0.1) is 0 Å². The summed E-state index contributed by atoms with van der Waals surface area (Å²) in [6.07, 6.45) is -1.11. The lowest BCUT2D eigenvalue weighted by atomic mass is 10.0. The summed E-state index contributed by atoms with van der Waals surface area (Å²) in [5, 5.41) is 5.57. The molecular formula is C17H20F3N7O2. The first-order valence-electron chi connectivity index (χ1n) is 8.49. The van der Waals surface area contributed by atoms with Crippen molar-refractivity contribution in [1.82, 2.24) is 15.0 Å². The molecule has 9 nitrogen and oxygen atoms in total. The molecule has 0 saturated heterocycles. The topological polar surface area (TPSA) is 149 Å². The van der Waals surface area contributed by atoms with Gasteiger partial charge in [0.2, 0.25) is 5.91 Å². The van der Waals surface area contributed by atoms with Gasteiger partial charge in [-0.05, 0) is 19.4 Å². The molecule has 2 aromatic heterocycles. The van der Waals surface area contributed by atoms with Crippen LogP contribution in [-0.4, -0.2) is 32.8 Å². The van der Waals surface area contributed by atoms with Crippen molar-refractivity contribution >= 4 is 29.1 Å². The quantitative estimate of drug-likeness (QED) is 0.519. The molecule has 156 valence electrons. The van der Waals surface area contributed by atoms with E-state index in [1.807, 2.05) is 0 Å². The first kappa shape index (κ1) is 21.9. The van der Waals surface area contributed by atoms with Gasteiger partial charge in [0.25, 0.3) is 5.91 Å². The summed E-state index contributed by atoms with van der Waals surface area (Å²) in [4.78, 5) is 34.4. The molecule has 0 aromatic carbocycles. The maximum absolute atomic E-state index is 12.9. The molecule has 29 heavy (non-hydrogen) atoms. The fourth-order valence-corrected chi connectivity index (χ4v) is 2.48. The van der Waals surface area contributed by atoms with E-state index < -0.39 is 23.6 Å². The van der Waals surface area contributed by atoms with Crippen molar-refractivity contribution in [3.05, 3.63) is 35.9 Å². The number of pyridine rings is 1. The van der Waals surface area contributed by atoms with Crippen molar-refractivity contribution in [2.45, 2.75) is 32.5 Å². The lowest BCUT2D eigenvalue weighted by molar-refractivity contribution is -0.137. The molecule has 12 heteroatoms. The number of amides is 2. The predicted molar refractivity (Wildman–Crippen MR) is 99.1 cm³/mol. The molecule has 0 spiro atoms. The monoisotopic (exact) mass is 411 g/mol. The lowest BCUT2D eigenvalue weighted by Crippen LogP contribution is -2.27. The van der Waals surface area contributed by atoms with E-state index in [-0.39, 0.29) is 35.0 Å². The highest BCUT2D eigenvalue weighted by molar-refractivity contribution is 5.96. The van der Waals surface area contributed by atoms with Crippen LogP contribution in [0.2, 0.25) is 0 Å². The highest BCUT2D eigenvalue weighted by Crippen LogP contribution is 2.30. The van der Waals surface area contributed by atoms with Gasteiger partial charge in [-0.2, -0.15) is 13.2 Å². The fourth-order valence-electron chi connectivity index (χ4n) is 2.48. The van der Waals surface area contributed by atoms with E-state index in [0.29, 0.717) is 12.6 Å². The van der Waals surface area contributed by atoms with Gasteiger partial charge in [0, 0.05) is 18.2 Å². The largest absolute Gasteiger partial charge is 0.417 e. The number of carbonyl (C=O) groups is 2. The molecule has 0 aliphatic rings. The number of halogens is 3. The zero-order chi connectivity index (χ0) is 21.8. The van der Waals surface area contributed by atoms with Crippen LogP contribution < -0.4 is 22.1 Å². The third-order valence-electron chi connectivity index (χ3n) is 3.92. The van der Waals surface area contributed by atoms with E-state index >= 15 is 0 Å². The first-order valence-corrected chi connectivity index (χ1v) is 8.49. The summed E-state index contributed by atoms with van der Waals surface area (Å²) in [6, 6.07) is 0.589. The Bertz CT molecular complexity index is 905. The minimum absolute atomic E-state index is 0.0517. The number of hydrogen-bond donors (Lipinski definition) is 4.